The Balaban J connectivity index is 1.63. The van der Waals surface area contributed by atoms with Crippen molar-refractivity contribution < 1.29 is 17.9 Å². The van der Waals surface area contributed by atoms with Gasteiger partial charge < -0.3 is 15.4 Å². The van der Waals surface area contributed by atoms with Crippen molar-refractivity contribution in [2.24, 2.45) is 5.73 Å². The van der Waals surface area contributed by atoms with Gasteiger partial charge >= 0.3 is 0 Å². The third-order valence-electron chi connectivity index (χ3n) is 4.68. The first-order valence-corrected chi connectivity index (χ1v) is 10.2. The van der Waals surface area contributed by atoms with E-state index in [1.54, 1.807) is 17.0 Å². The lowest BCUT2D eigenvalue weighted by molar-refractivity contribution is 0.0708. The van der Waals surface area contributed by atoms with E-state index in [1.807, 2.05) is 0 Å². The Morgan fingerprint density at radius 1 is 1.24 bits per heavy atom. The van der Waals surface area contributed by atoms with Crippen LogP contribution in [0.1, 0.15) is 36.0 Å². The molecule has 1 aromatic carbocycles. The van der Waals surface area contributed by atoms with Crippen LogP contribution in [0.2, 0.25) is 0 Å². The number of rotatable bonds is 5. The molecule has 0 radical (unpaired) electrons. The second-order valence-electron chi connectivity index (χ2n) is 6.66. The van der Waals surface area contributed by atoms with Gasteiger partial charge in [-0.1, -0.05) is 0 Å². The predicted octanol–water partition coefficient (Wildman–Crippen LogP) is 0.707. The summed E-state index contributed by atoms with van der Waals surface area (Å²) >= 11 is 0. The Morgan fingerprint density at radius 3 is 2.64 bits per heavy atom. The summed E-state index contributed by atoms with van der Waals surface area (Å²) in [6.07, 6.45) is 3.60. The molecule has 0 aromatic heterocycles. The quantitative estimate of drug-likeness (QED) is 0.798. The van der Waals surface area contributed by atoms with E-state index in [0.29, 0.717) is 25.3 Å². The number of nitrogens with one attached hydrogen (secondary N) is 1. The number of piperidine rings is 1. The molecule has 2 heterocycles. The van der Waals surface area contributed by atoms with Crippen molar-refractivity contribution in [2.45, 2.75) is 42.7 Å². The molecular formula is C17H25N3O4S. The largest absolute Gasteiger partial charge is 0.377 e. The molecule has 0 spiro atoms. The van der Waals surface area contributed by atoms with Gasteiger partial charge in [0.25, 0.3) is 5.91 Å². The van der Waals surface area contributed by atoms with Gasteiger partial charge in [0.2, 0.25) is 10.0 Å². The summed E-state index contributed by atoms with van der Waals surface area (Å²) in [7, 11) is -3.60. The van der Waals surface area contributed by atoms with Crippen molar-refractivity contribution in [3.05, 3.63) is 29.8 Å². The minimum atomic E-state index is -3.60. The first-order valence-electron chi connectivity index (χ1n) is 8.72. The first-order chi connectivity index (χ1) is 12.0. The first kappa shape index (κ1) is 18.3. The number of hydrogen-bond donors (Lipinski definition) is 2. The number of likely N-dealkylation sites (tertiary alicyclic amines) is 1. The van der Waals surface area contributed by atoms with Crippen LogP contribution in [0.15, 0.2) is 29.2 Å². The Kier molecular flexibility index (Phi) is 5.73. The lowest BCUT2D eigenvalue weighted by atomic mass is 10.1. The number of carbonyl (C=O) groups is 1. The van der Waals surface area contributed by atoms with E-state index in [1.165, 1.54) is 12.1 Å². The Morgan fingerprint density at radius 2 is 2.00 bits per heavy atom. The summed E-state index contributed by atoms with van der Waals surface area (Å²) in [5.74, 6) is -0.105. The molecule has 7 nitrogen and oxygen atoms in total. The van der Waals surface area contributed by atoms with Gasteiger partial charge in [-0.3, -0.25) is 4.79 Å². The highest BCUT2D eigenvalue weighted by Crippen LogP contribution is 2.16. The Labute approximate surface area is 148 Å². The summed E-state index contributed by atoms with van der Waals surface area (Å²) in [5, 5.41) is 0. The highest BCUT2D eigenvalue weighted by molar-refractivity contribution is 7.89. The second kappa shape index (κ2) is 7.82. The lowest BCUT2D eigenvalue weighted by Crippen LogP contribution is -2.45. The van der Waals surface area contributed by atoms with Gasteiger partial charge in [0.05, 0.1) is 11.0 Å². The molecule has 25 heavy (non-hydrogen) atoms. The maximum Gasteiger partial charge on any atom is 0.253 e. The van der Waals surface area contributed by atoms with Crippen LogP contribution in [-0.4, -0.2) is 57.6 Å². The standard InChI is InChI=1S/C17H25N3O4S/c18-14-3-1-9-20(12-14)17(21)13-5-7-16(8-6-13)25(22,23)19-11-15-4-2-10-24-15/h5-8,14-15,19H,1-4,9-12,18H2. The van der Waals surface area contributed by atoms with E-state index in [9.17, 15) is 13.2 Å². The molecule has 1 aromatic rings. The van der Waals surface area contributed by atoms with E-state index in [0.717, 1.165) is 25.7 Å². The number of hydrogen-bond acceptors (Lipinski definition) is 5. The van der Waals surface area contributed by atoms with Crippen LogP contribution in [0.5, 0.6) is 0 Å². The molecule has 1 amide bonds. The topological polar surface area (TPSA) is 102 Å². The van der Waals surface area contributed by atoms with E-state index in [-0.39, 0.29) is 29.5 Å². The lowest BCUT2D eigenvalue weighted by Gasteiger charge is -2.30. The molecule has 0 saturated carbocycles. The molecule has 138 valence electrons. The van der Waals surface area contributed by atoms with Gasteiger partial charge in [0, 0.05) is 37.8 Å². The molecule has 2 atom stereocenters. The molecule has 3 rings (SSSR count). The Bertz CT molecular complexity index is 699. The van der Waals surface area contributed by atoms with E-state index < -0.39 is 10.0 Å². The number of ether oxygens (including phenoxy) is 1. The van der Waals surface area contributed by atoms with Crippen LogP contribution < -0.4 is 10.5 Å². The molecule has 2 fully saturated rings. The zero-order valence-corrected chi connectivity index (χ0v) is 15.0. The average Bonchev–Trinajstić information content (AvgIpc) is 3.13. The monoisotopic (exact) mass is 367 g/mol. The summed E-state index contributed by atoms with van der Waals surface area (Å²) in [6, 6.07) is 6.06. The molecule has 0 bridgehead atoms. The third-order valence-corrected chi connectivity index (χ3v) is 6.12. The van der Waals surface area contributed by atoms with Crippen molar-refractivity contribution >= 4 is 15.9 Å². The molecule has 2 saturated heterocycles. The zero-order chi connectivity index (χ0) is 17.9. The summed E-state index contributed by atoms with van der Waals surface area (Å²) in [5.41, 5.74) is 6.39. The van der Waals surface area contributed by atoms with Crippen molar-refractivity contribution in [1.82, 2.24) is 9.62 Å². The van der Waals surface area contributed by atoms with Crippen molar-refractivity contribution in [2.75, 3.05) is 26.2 Å². The fraction of sp³-hybridized carbons (Fsp3) is 0.588. The van der Waals surface area contributed by atoms with Crippen LogP contribution in [0.4, 0.5) is 0 Å². The number of nitrogens with two attached hydrogens (primary N) is 1. The summed E-state index contributed by atoms with van der Waals surface area (Å²) in [4.78, 5) is 14.4. The van der Waals surface area contributed by atoms with Gasteiger partial charge in [-0.25, -0.2) is 13.1 Å². The molecule has 0 aliphatic carbocycles. The number of sulfonamides is 1. The van der Waals surface area contributed by atoms with E-state index in [4.69, 9.17) is 10.5 Å². The predicted molar refractivity (Wildman–Crippen MR) is 93.7 cm³/mol. The fourth-order valence-electron chi connectivity index (χ4n) is 3.24. The van der Waals surface area contributed by atoms with Gasteiger partial charge in [-0.05, 0) is 49.9 Å². The normalized spacial score (nSPS) is 24.4. The number of nitrogens with zero attached hydrogens (tertiary/aromatic N) is 1. The zero-order valence-electron chi connectivity index (χ0n) is 14.2. The van der Waals surface area contributed by atoms with Gasteiger partial charge in [0.15, 0.2) is 0 Å². The van der Waals surface area contributed by atoms with Crippen molar-refractivity contribution in [3.63, 3.8) is 0 Å². The van der Waals surface area contributed by atoms with Crippen LogP contribution >= 0.6 is 0 Å². The van der Waals surface area contributed by atoms with Gasteiger partial charge in [-0.15, -0.1) is 0 Å². The number of benzene rings is 1. The molecule has 3 N–H and O–H groups in total. The van der Waals surface area contributed by atoms with Crippen LogP contribution in [0, 0.1) is 0 Å². The fourth-order valence-corrected chi connectivity index (χ4v) is 4.31. The van der Waals surface area contributed by atoms with Crippen LogP contribution in [0.3, 0.4) is 0 Å². The SMILES string of the molecule is NC1CCCN(C(=O)c2ccc(S(=O)(=O)NCC3CCCO3)cc2)C1. The highest BCUT2D eigenvalue weighted by Gasteiger charge is 2.24. The third kappa shape index (κ3) is 4.58. The van der Waals surface area contributed by atoms with Crippen LogP contribution in [0.25, 0.3) is 0 Å². The summed E-state index contributed by atoms with van der Waals surface area (Å²) in [6.45, 7) is 2.19. The second-order valence-corrected chi connectivity index (χ2v) is 8.43. The molecule has 2 unspecified atom stereocenters. The minimum Gasteiger partial charge on any atom is -0.377 e. The van der Waals surface area contributed by atoms with Crippen LogP contribution in [-0.2, 0) is 14.8 Å². The van der Waals surface area contributed by atoms with E-state index >= 15 is 0 Å². The molecular weight excluding hydrogens is 342 g/mol. The summed E-state index contributed by atoms with van der Waals surface area (Å²) < 4.78 is 32.7. The van der Waals surface area contributed by atoms with Crippen molar-refractivity contribution in [1.29, 1.82) is 0 Å². The average molecular weight is 367 g/mol. The maximum atomic E-state index is 12.5. The Hall–Kier alpha value is -1.48. The van der Waals surface area contributed by atoms with Gasteiger partial charge in [-0.2, -0.15) is 0 Å². The van der Waals surface area contributed by atoms with Crippen molar-refractivity contribution in [3.8, 4) is 0 Å². The number of amides is 1. The smallest absolute Gasteiger partial charge is 0.253 e. The highest BCUT2D eigenvalue weighted by atomic mass is 32.2. The maximum absolute atomic E-state index is 12.5. The molecule has 8 heteroatoms. The van der Waals surface area contributed by atoms with E-state index in [2.05, 4.69) is 4.72 Å². The molecule has 2 aliphatic rings. The molecule has 2 aliphatic heterocycles. The number of carbonyl (C=O) groups excluding carboxylic acids is 1. The van der Waals surface area contributed by atoms with Gasteiger partial charge in [0.1, 0.15) is 0 Å². The minimum absolute atomic E-state index is 0.0133.